The standard InChI is InChI=1S/C15H15ClN2S3/c1-10-18-11(9-20-10)6-7-17-15(12-3-2-8-19-12)13-4-5-14(16)21-13/h2-5,8-9,15,17H,6-7H2,1H3. The Morgan fingerprint density at radius 2 is 2.14 bits per heavy atom. The average Bonchev–Trinajstić information content (AvgIpc) is 3.17. The Morgan fingerprint density at radius 1 is 1.24 bits per heavy atom. The number of thiazole rings is 1. The lowest BCUT2D eigenvalue weighted by Crippen LogP contribution is -2.23. The van der Waals surface area contributed by atoms with Gasteiger partial charge in [0.1, 0.15) is 0 Å². The molecule has 0 spiro atoms. The van der Waals surface area contributed by atoms with Crippen LogP contribution in [0.5, 0.6) is 0 Å². The maximum Gasteiger partial charge on any atom is 0.0931 e. The third-order valence-corrected chi connectivity index (χ3v) is 6.16. The van der Waals surface area contributed by atoms with Crippen molar-refractivity contribution in [2.24, 2.45) is 0 Å². The van der Waals surface area contributed by atoms with Crippen LogP contribution in [0.4, 0.5) is 0 Å². The van der Waals surface area contributed by atoms with Gasteiger partial charge in [0.15, 0.2) is 0 Å². The summed E-state index contributed by atoms with van der Waals surface area (Å²) in [5.41, 5.74) is 1.17. The fraction of sp³-hybridized carbons (Fsp3) is 0.267. The van der Waals surface area contributed by atoms with Crippen LogP contribution >= 0.6 is 45.6 Å². The van der Waals surface area contributed by atoms with Crippen molar-refractivity contribution in [3.8, 4) is 0 Å². The van der Waals surface area contributed by atoms with E-state index >= 15 is 0 Å². The van der Waals surface area contributed by atoms with E-state index in [4.69, 9.17) is 11.6 Å². The van der Waals surface area contributed by atoms with Gasteiger partial charge < -0.3 is 5.32 Å². The molecule has 0 fully saturated rings. The molecule has 2 nitrogen and oxygen atoms in total. The molecule has 0 bridgehead atoms. The van der Waals surface area contributed by atoms with E-state index in [1.54, 1.807) is 34.0 Å². The number of nitrogens with zero attached hydrogens (tertiary/aromatic N) is 1. The summed E-state index contributed by atoms with van der Waals surface area (Å²) in [5.74, 6) is 0. The van der Waals surface area contributed by atoms with E-state index in [0.717, 1.165) is 22.3 Å². The SMILES string of the molecule is Cc1nc(CCNC(c2cccs2)c2ccc(Cl)s2)cs1. The van der Waals surface area contributed by atoms with Crippen molar-refractivity contribution in [3.05, 3.63) is 59.8 Å². The molecule has 0 amide bonds. The summed E-state index contributed by atoms with van der Waals surface area (Å²) in [6.07, 6.45) is 0.950. The summed E-state index contributed by atoms with van der Waals surface area (Å²) in [4.78, 5) is 7.09. The van der Waals surface area contributed by atoms with E-state index in [1.807, 2.05) is 13.0 Å². The van der Waals surface area contributed by atoms with Crippen LogP contribution in [-0.4, -0.2) is 11.5 Å². The molecule has 0 aromatic carbocycles. The van der Waals surface area contributed by atoms with Gasteiger partial charge in [-0.3, -0.25) is 0 Å². The lowest BCUT2D eigenvalue weighted by Gasteiger charge is -2.15. The smallest absolute Gasteiger partial charge is 0.0931 e. The van der Waals surface area contributed by atoms with E-state index < -0.39 is 0 Å². The first-order valence-corrected chi connectivity index (χ1v) is 9.61. The van der Waals surface area contributed by atoms with Crippen LogP contribution in [0.3, 0.4) is 0 Å². The Hall–Kier alpha value is -0.720. The van der Waals surface area contributed by atoms with Crippen LogP contribution in [0.1, 0.15) is 26.5 Å². The van der Waals surface area contributed by atoms with Gasteiger partial charge >= 0.3 is 0 Å². The highest BCUT2D eigenvalue weighted by atomic mass is 35.5. The summed E-state index contributed by atoms with van der Waals surface area (Å²) in [5, 5.41) is 9.02. The van der Waals surface area contributed by atoms with Gasteiger partial charge in [-0.15, -0.1) is 34.0 Å². The molecule has 3 heterocycles. The first-order chi connectivity index (χ1) is 10.2. The van der Waals surface area contributed by atoms with Crippen LogP contribution < -0.4 is 5.32 Å². The van der Waals surface area contributed by atoms with Gasteiger partial charge in [0.2, 0.25) is 0 Å². The molecular weight excluding hydrogens is 340 g/mol. The molecule has 0 aliphatic rings. The topological polar surface area (TPSA) is 24.9 Å². The third-order valence-electron chi connectivity index (χ3n) is 3.10. The molecule has 110 valence electrons. The molecular formula is C15H15ClN2S3. The van der Waals surface area contributed by atoms with Crippen LogP contribution in [0.15, 0.2) is 35.0 Å². The first kappa shape index (κ1) is 15.2. The number of aromatic nitrogens is 1. The number of rotatable bonds is 6. The van der Waals surface area contributed by atoms with E-state index in [0.29, 0.717) is 0 Å². The molecule has 6 heteroatoms. The monoisotopic (exact) mass is 354 g/mol. The summed E-state index contributed by atoms with van der Waals surface area (Å²) >= 11 is 11.2. The molecule has 1 N–H and O–H groups in total. The van der Waals surface area contributed by atoms with Crippen LogP contribution in [-0.2, 0) is 6.42 Å². The molecule has 3 rings (SSSR count). The highest BCUT2D eigenvalue weighted by Crippen LogP contribution is 2.33. The Balaban J connectivity index is 1.68. The number of hydrogen-bond acceptors (Lipinski definition) is 5. The van der Waals surface area contributed by atoms with Crippen LogP contribution in [0, 0.1) is 6.92 Å². The second kappa shape index (κ2) is 7.03. The zero-order chi connectivity index (χ0) is 14.7. The van der Waals surface area contributed by atoms with E-state index in [9.17, 15) is 0 Å². The molecule has 0 saturated heterocycles. The molecule has 0 aliphatic carbocycles. The predicted octanol–water partition coefficient (Wildman–Crippen LogP) is 5.15. The third kappa shape index (κ3) is 3.93. The van der Waals surface area contributed by atoms with Gasteiger partial charge in [0.05, 0.1) is 21.1 Å². The number of nitrogens with one attached hydrogen (secondary N) is 1. The predicted molar refractivity (Wildman–Crippen MR) is 94.0 cm³/mol. The van der Waals surface area contributed by atoms with E-state index in [2.05, 4.69) is 39.3 Å². The Morgan fingerprint density at radius 3 is 2.76 bits per heavy atom. The van der Waals surface area contributed by atoms with E-state index in [1.165, 1.54) is 15.4 Å². The van der Waals surface area contributed by atoms with Gasteiger partial charge in [-0.05, 0) is 30.5 Å². The molecule has 0 radical (unpaired) electrons. The fourth-order valence-corrected chi connectivity index (χ4v) is 4.84. The zero-order valence-corrected chi connectivity index (χ0v) is 14.7. The number of hydrogen-bond donors (Lipinski definition) is 1. The van der Waals surface area contributed by atoms with Gasteiger partial charge in [-0.2, -0.15) is 0 Å². The molecule has 0 saturated carbocycles. The van der Waals surface area contributed by atoms with Crippen molar-refractivity contribution >= 4 is 45.6 Å². The highest BCUT2D eigenvalue weighted by Gasteiger charge is 2.16. The molecule has 21 heavy (non-hydrogen) atoms. The van der Waals surface area contributed by atoms with Crippen molar-refractivity contribution in [3.63, 3.8) is 0 Å². The Kier molecular flexibility index (Phi) is 5.08. The molecule has 1 atom stereocenters. The van der Waals surface area contributed by atoms with Crippen LogP contribution in [0.2, 0.25) is 4.34 Å². The minimum Gasteiger partial charge on any atom is -0.305 e. The summed E-state index contributed by atoms with van der Waals surface area (Å²) in [7, 11) is 0. The lowest BCUT2D eigenvalue weighted by atomic mass is 10.2. The summed E-state index contributed by atoms with van der Waals surface area (Å²) in [6, 6.07) is 8.56. The van der Waals surface area contributed by atoms with Gasteiger partial charge in [0.25, 0.3) is 0 Å². The normalized spacial score (nSPS) is 12.7. The van der Waals surface area contributed by atoms with Crippen molar-refractivity contribution in [2.45, 2.75) is 19.4 Å². The second-order valence-corrected chi connectivity index (χ2v) is 8.44. The highest BCUT2D eigenvalue weighted by molar-refractivity contribution is 7.16. The summed E-state index contributed by atoms with van der Waals surface area (Å²) < 4.78 is 0.837. The fourth-order valence-electron chi connectivity index (χ4n) is 2.15. The Bertz CT molecular complexity index is 687. The largest absolute Gasteiger partial charge is 0.305 e. The van der Waals surface area contributed by atoms with Gasteiger partial charge in [-0.1, -0.05) is 17.7 Å². The second-order valence-electron chi connectivity index (χ2n) is 4.65. The van der Waals surface area contributed by atoms with Gasteiger partial charge in [-0.25, -0.2) is 4.98 Å². The quantitative estimate of drug-likeness (QED) is 0.662. The van der Waals surface area contributed by atoms with Crippen LogP contribution in [0.25, 0.3) is 0 Å². The molecule has 0 aliphatic heterocycles. The molecule has 3 aromatic heterocycles. The lowest BCUT2D eigenvalue weighted by molar-refractivity contribution is 0.617. The maximum absolute atomic E-state index is 6.08. The zero-order valence-electron chi connectivity index (χ0n) is 11.5. The van der Waals surface area contributed by atoms with Crippen molar-refractivity contribution in [1.29, 1.82) is 0 Å². The minimum atomic E-state index is 0.224. The minimum absolute atomic E-state index is 0.224. The molecule has 1 unspecified atom stereocenters. The molecule has 3 aromatic rings. The summed E-state index contributed by atoms with van der Waals surface area (Å²) in [6.45, 7) is 2.95. The Labute approximate surface area is 141 Å². The van der Waals surface area contributed by atoms with Crippen molar-refractivity contribution in [2.75, 3.05) is 6.54 Å². The van der Waals surface area contributed by atoms with Gasteiger partial charge in [0, 0.05) is 28.1 Å². The van der Waals surface area contributed by atoms with Crippen molar-refractivity contribution < 1.29 is 0 Å². The van der Waals surface area contributed by atoms with E-state index in [-0.39, 0.29) is 6.04 Å². The van der Waals surface area contributed by atoms with Crippen molar-refractivity contribution in [1.82, 2.24) is 10.3 Å². The maximum atomic E-state index is 6.08. The average molecular weight is 355 g/mol. The number of thiophene rings is 2. The first-order valence-electron chi connectivity index (χ1n) is 6.65. The number of halogens is 1. The number of aryl methyl sites for hydroxylation is 1.